The van der Waals surface area contributed by atoms with Gasteiger partial charge in [0.1, 0.15) is 4.21 Å². The molecular formula is C13H16N2O2S2. The lowest BCUT2D eigenvalue weighted by Crippen LogP contribution is -2.11. The third-order valence-corrected chi connectivity index (χ3v) is 5.56. The van der Waals surface area contributed by atoms with Crippen LogP contribution in [0.4, 0.5) is 5.69 Å². The molecule has 0 saturated carbocycles. The Bertz CT molecular complexity index is 670. The molecule has 0 saturated heterocycles. The number of nitrogens with one attached hydrogen (secondary N) is 1. The molecule has 2 rings (SSSR count). The van der Waals surface area contributed by atoms with Gasteiger partial charge in [-0.15, -0.1) is 11.3 Å². The molecule has 19 heavy (non-hydrogen) atoms. The van der Waals surface area contributed by atoms with E-state index < -0.39 is 10.0 Å². The second-order valence-corrected chi connectivity index (χ2v) is 7.48. The van der Waals surface area contributed by atoms with Crippen LogP contribution in [-0.2, 0) is 16.6 Å². The lowest BCUT2D eigenvalue weighted by atomic mass is 10.1. The Labute approximate surface area is 117 Å². The van der Waals surface area contributed by atoms with Crippen LogP contribution in [0.5, 0.6) is 0 Å². The molecule has 1 aromatic carbocycles. The summed E-state index contributed by atoms with van der Waals surface area (Å²) in [6, 6.07) is 8.93. The fourth-order valence-corrected chi connectivity index (χ4v) is 4.13. The Morgan fingerprint density at radius 3 is 2.32 bits per heavy atom. The van der Waals surface area contributed by atoms with Crippen molar-refractivity contribution < 1.29 is 8.42 Å². The van der Waals surface area contributed by atoms with Crippen molar-refractivity contribution in [2.75, 3.05) is 4.72 Å². The summed E-state index contributed by atoms with van der Waals surface area (Å²) in [5, 5.41) is 0. The van der Waals surface area contributed by atoms with Gasteiger partial charge in [-0.1, -0.05) is 6.07 Å². The summed E-state index contributed by atoms with van der Waals surface area (Å²) in [5.74, 6) is 0. The average Bonchev–Trinajstić information content (AvgIpc) is 2.75. The molecule has 0 radical (unpaired) electrons. The summed E-state index contributed by atoms with van der Waals surface area (Å²) in [5.41, 5.74) is 8.12. The molecule has 6 heteroatoms. The molecule has 0 amide bonds. The topological polar surface area (TPSA) is 72.2 Å². The standard InChI is InChI=1S/C13H16N2O2S2/c1-9-5-10(2)7-11(6-9)15-19(16,17)13-4-3-12(8-14)18-13/h3-7,15H,8,14H2,1-2H3. The van der Waals surface area contributed by atoms with E-state index >= 15 is 0 Å². The van der Waals surface area contributed by atoms with Crippen LogP contribution < -0.4 is 10.5 Å². The summed E-state index contributed by atoms with van der Waals surface area (Å²) in [6.07, 6.45) is 0. The summed E-state index contributed by atoms with van der Waals surface area (Å²) in [4.78, 5) is 0.848. The molecule has 0 aliphatic rings. The third-order valence-electron chi connectivity index (χ3n) is 2.58. The van der Waals surface area contributed by atoms with Gasteiger partial charge >= 0.3 is 0 Å². The molecular weight excluding hydrogens is 280 g/mol. The van der Waals surface area contributed by atoms with Crippen molar-refractivity contribution in [3.63, 3.8) is 0 Å². The van der Waals surface area contributed by atoms with E-state index in [1.807, 2.05) is 32.0 Å². The van der Waals surface area contributed by atoms with E-state index in [0.29, 0.717) is 12.2 Å². The van der Waals surface area contributed by atoms with Crippen molar-refractivity contribution in [3.05, 3.63) is 46.3 Å². The second-order valence-electron chi connectivity index (χ2n) is 4.41. The van der Waals surface area contributed by atoms with Crippen LogP contribution in [0.1, 0.15) is 16.0 Å². The number of sulfonamides is 1. The highest BCUT2D eigenvalue weighted by molar-refractivity contribution is 7.94. The first kappa shape index (κ1) is 14.0. The third kappa shape index (κ3) is 3.34. The molecule has 1 aromatic heterocycles. The maximum Gasteiger partial charge on any atom is 0.271 e. The molecule has 3 N–H and O–H groups in total. The van der Waals surface area contributed by atoms with E-state index in [4.69, 9.17) is 5.73 Å². The molecule has 4 nitrogen and oxygen atoms in total. The fraction of sp³-hybridized carbons (Fsp3) is 0.231. The van der Waals surface area contributed by atoms with E-state index in [9.17, 15) is 8.42 Å². The fourth-order valence-electron chi connectivity index (χ4n) is 1.85. The van der Waals surface area contributed by atoms with Crippen LogP contribution in [0, 0.1) is 13.8 Å². The zero-order chi connectivity index (χ0) is 14.0. The maximum atomic E-state index is 12.2. The highest BCUT2D eigenvalue weighted by Crippen LogP contribution is 2.24. The normalized spacial score (nSPS) is 11.5. The van der Waals surface area contributed by atoms with Gasteiger partial charge < -0.3 is 5.73 Å². The zero-order valence-corrected chi connectivity index (χ0v) is 12.4. The summed E-state index contributed by atoms with van der Waals surface area (Å²) < 4.78 is 27.3. The van der Waals surface area contributed by atoms with Gasteiger partial charge in [0.05, 0.1) is 0 Å². The van der Waals surface area contributed by atoms with Gasteiger partial charge in [0.25, 0.3) is 10.0 Å². The minimum Gasteiger partial charge on any atom is -0.326 e. The summed E-state index contributed by atoms with van der Waals surface area (Å²) >= 11 is 1.19. The van der Waals surface area contributed by atoms with Crippen LogP contribution in [0.3, 0.4) is 0 Å². The van der Waals surface area contributed by atoms with E-state index in [0.717, 1.165) is 16.0 Å². The lowest BCUT2D eigenvalue weighted by Gasteiger charge is -2.08. The van der Waals surface area contributed by atoms with E-state index in [-0.39, 0.29) is 4.21 Å². The van der Waals surface area contributed by atoms with Crippen molar-refractivity contribution in [2.24, 2.45) is 5.73 Å². The number of rotatable bonds is 4. The van der Waals surface area contributed by atoms with Crippen molar-refractivity contribution in [3.8, 4) is 0 Å². The zero-order valence-electron chi connectivity index (χ0n) is 10.8. The predicted octanol–water partition coefficient (Wildman–Crippen LogP) is 2.62. The molecule has 0 fully saturated rings. The maximum absolute atomic E-state index is 12.2. The Morgan fingerprint density at radius 2 is 1.79 bits per heavy atom. The van der Waals surface area contributed by atoms with Crippen molar-refractivity contribution in [2.45, 2.75) is 24.6 Å². The van der Waals surface area contributed by atoms with Gasteiger partial charge in [-0.3, -0.25) is 4.72 Å². The monoisotopic (exact) mass is 296 g/mol. The number of anilines is 1. The Kier molecular flexibility index (Phi) is 3.93. The van der Waals surface area contributed by atoms with E-state index in [1.54, 1.807) is 12.1 Å². The largest absolute Gasteiger partial charge is 0.326 e. The highest BCUT2D eigenvalue weighted by Gasteiger charge is 2.16. The van der Waals surface area contributed by atoms with Gasteiger partial charge in [-0.2, -0.15) is 0 Å². The van der Waals surface area contributed by atoms with Crippen LogP contribution in [0.2, 0.25) is 0 Å². The number of hydrogen-bond acceptors (Lipinski definition) is 4. The molecule has 102 valence electrons. The van der Waals surface area contributed by atoms with Crippen molar-refractivity contribution >= 4 is 27.0 Å². The van der Waals surface area contributed by atoms with Crippen LogP contribution in [0.25, 0.3) is 0 Å². The number of benzene rings is 1. The Morgan fingerprint density at radius 1 is 1.16 bits per heavy atom. The van der Waals surface area contributed by atoms with E-state index in [2.05, 4.69) is 4.72 Å². The predicted molar refractivity (Wildman–Crippen MR) is 78.9 cm³/mol. The van der Waals surface area contributed by atoms with Gasteiger partial charge in [0.2, 0.25) is 0 Å². The first-order valence-electron chi connectivity index (χ1n) is 5.80. The Hall–Kier alpha value is -1.37. The number of hydrogen-bond donors (Lipinski definition) is 2. The van der Waals surface area contributed by atoms with Crippen LogP contribution >= 0.6 is 11.3 Å². The molecule has 0 aliphatic heterocycles. The molecule has 0 bridgehead atoms. The quantitative estimate of drug-likeness (QED) is 0.911. The van der Waals surface area contributed by atoms with Crippen molar-refractivity contribution in [1.82, 2.24) is 0 Å². The van der Waals surface area contributed by atoms with Gasteiger partial charge in [0, 0.05) is 17.1 Å². The molecule has 2 aromatic rings. The minimum absolute atomic E-state index is 0.284. The first-order valence-corrected chi connectivity index (χ1v) is 8.10. The summed E-state index contributed by atoms with van der Waals surface area (Å²) in [7, 11) is -3.52. The molecule has 0 atom stereocenters. The lowest BCUT2D eigenvalue weighted by molar-refractivity contribution is 0.603. The average molecular weight is 296 g/mol. The Balaban J connectivity index is 2.30. The number of nitrogens with two attached hydrogens (primary N) is 1. The highest BCUT2D eigenvalue weighted by atomic mass is 32.2. The van der Waals surface area contributed by atoms with Gasteiger partial charge in [-0.25, -0.2) is 8.42 Å². The number of thiophene rings is 1. The molecule has 0 aliphatic carbocycles. The van der Waals surface area contributed by atoms with Crippen LogP contribution in [-0.4, -0.2) is 8.42 Å². The molecule has 1 heterocycles. The number of aryl methyl sites for hydroxylation is 2. The molecule has 0 unspecified atom stereocenters. The van der Waals surface area contributed by atoms with Crippen molar-refractivity contribution in [1.29, 1.82) is 0 Å². The second kappa shape index (κ2) is 5.32. The smallest absolute Gasteiger partial charge is 0.271 e. The van der Waals surface area contributed by atoms with Crippen LogP contribution in [0.15, 0.2) is 34.5 Å². The van der Waals surface area contributed by atoms with Gasteiger partial charge in [-0.05, 0) is 49.2 Å². The first-order chi connectivity index (χ1) is 8.90. The SMILES string of the molecule is Cc1cc(C)cc(NS(=O)(=O)c2ccc(CN)s2)c1. The van der Waals surface area contributed by atoms with E-state index in [1.165, 1.54) is 11.3 Å². The molecule has 0 spiro atoms. The van der Waals surface area contributed by atoms with Gasteiger partial charge in [0.15, 0.2) is 0 Å². The summed E-state index contributed by atoms with van der Waals surface area (Å²) in [6.45, 7) is 4.22. The minimum atomic E-state index is -3.52.